The van der Waals surface area contributed by atoms with Gasteiger partial charge in [-0.1, -0.05) is 38.7 Å². The molecule has 1 unspecified atom stereocenters. The Kier molecular flexibility index (Phi) is 4.23. The first-order valence-electron chi connectivity index (χ1n) is 7.09. The third-order valence-corrected chi connectivity index (χ3v) is 4.97. The molecule has 0 saturated carbocycles. The molecular formula is C17H14BrClF2N3+. The number of rotatable bonds is 2. The van der Waals surface area contributed by atoms with Crippen molar-refractivity contribution in [3.8, 4) is 0 Å². The van der Waals surface area contributed by atoms with Gasteiger partial charge in [-0.05, 0) is 37.3 Å². The molecule has 2 N–H and O–H groups in total. The summed E-state index contributed by atoms with van der Waals surface area (Å²) in [6.45, 7) is 1.77. The summed E-state index contributed by atoms with van der Waals surface area (Å²) in [5.74, 6) is -0.553. The number of para-hydroxylation sites is 1. The Morgan fingerprint density at radius 3 is 2.54 bits per heavy atom. The number of hydrogen-bond donors (Lipinski definition) is 1. The summed E-state index contributed by atoms with van der Waals surface area (Å²) < 4.78 is 28.0. The van der Waals surface area contributed by atoms with Gasteiger partial charge in [0, 0.05) is 10.0 Å². The fourth-order valence-electron chi connectivity index (χ4n) is 2.91. The zero-order chi connectivity index (χ0) is 17.6. The van der Waals surface area contributed by atoms with Gasteiger partial charge in [-0.2, -0.15) is 0 Å². The quantitative estimate of drug-likeness (QED) is 0.689. The number of nitrogens with two attached hydrogens (primary N) is 1. The van der Waals surface area contributed by atoms with Crippen molar-refractivity contribution in [1.29, 1.82) is 0 Å². The lowest BCUT2D eigenvalue weighted by Gasteiger charge is -2.24. The third kappa shape index (κ3) is 2.55. The lowest BCUT2D eigenvalue weighted by Crippen LogP contribution is -2.41. The lowest BCUT2D eigenvalue weighted by molar-refractivity contribution is 0.419. The van der Waals surface area contributed by atoms with Crippen molar-refractivity contribution in [1.82, 2.24) is 4.59 Å². The van der Waals surface area contributed by atoms with Crippen LogP contribution >= 0.6 is 27.5 Å². The van der Waals surface area contributed by atoms with E-state index in [9.17, 15) is 8.78 Å². The molecule has 3 rings (SSSR count). The van der Waals surface area contributed by atoms with Gasteiger partial charge in [0.15, 0.2) is 5.82 Å². The Morgan fingerprint density at radius 1 is 1.21 bits per heavy atom. The van der Waals surface area contributed by atoms with Gasteiger partial charge < -0.3 is 5.73 Å². The molecule has 0 radical (unpaired) electrons. The predicted molar refractivity (Wildman–Crippen MR) is 97.4 cm³/mol. The van der Waals surface area contributed by atoms with Crippen molar-refractivity contribution >= 4 is 44.5 Å². The second-order valence-electron chi connectivity index (χ2n) is 5.60. The first-order chi connectivity index (χ1) is 11.3. The van der Waals surface area contributed by atoms with Crippen molar-refractivity contribution in [3.05, 3.63) is 68.9 Å². The minimum absolute atomic E-state index is 0.171. The average Bonchev–Trinajstić information content (AvgIpc) is 2.70. The standard InChI is InChI=1S/C17H14BrClF2N3/c1-9-15(11-7-6-10(20)8-12(11)18)17(22)24(2,23-9)16-13(19)4-3-5-14(16)21/h3-8H,22H2,1-2H3/q+1. The number of halogens is 4. The minimum atomic E-state index is -0.496. The number of nitrogens with zero attached hydrogens (tertiary/aromatic N) is 2. The van der Waals surface area contributed by atoms with Gasteiger partial charge in [0.1, 0.15) is 23.6 Å². The summed E-state index contributed by atoms with van der Waals surface area (Å²) in [5, 5.41) is 4.76. The van der Waals surface area contributed by atoms with E-state index in [2.05, 4.69) is 21.0 Å². The predicted octanol–water partition coefficient (Wildman–Crippen LogP) is 5.03. The molecule has 0 amide bonds. The highest BCUT2D eigenvalue weighted by atomic mass is 79.9. The van der Waals surface area contributed by atoms with Crippen LogP contribution in [0.3, 0.4) is 0 Å². The number of hydrogen-bond acceptors (Lipinski definition) is 2. The molecule has 2 aromatic carbocycles. The zero-order valence-corrected chi connectivity index (χ0v) is 15.3. The SMILES string of the molecule is CC1=N[N+](C)(c2c(F)cccc2Cl)C(N)=C1c1ccc(F)cc1Br. The van der Waals surface area contributed by atoms with E-state index in [1.54, 1.807) is 26.1 Å². The van der Waals surface area contributed by atoms with Gasteiger partial charge in [-0.15, -0.1) is 4.59 Å². The van der Waals surface area contributed by atoms with Crippen LogP contribution in [0.5, 0.6) is 0 Å². The van der Waals surface area contributed by atoms with E-state index < -0.39 is 5.82 Å². The molecule has 0 aromatic heterocycles. The first-order valence-corrected chi connectivity index (χ1v) is 8.27. The number of benzene rings is 2. The van der Waals surface area contributed by atoms with E-state index in [-0.39, 0.29) is 21.1 Å². The fourth-order valence-corrected chi connectivity index (χ4v) is 3.78. The molecule has 2 aromatic rings. The zero-order valence-electron chi connectivity index (χ0n) is 12.9. The maximum atomic E-state index is 14.4. The summed E-state index contributed by atoms with van der Waals surface area (Å²) in [6, 6.07) is 8.73. The van der Waals surface area contributed by atoms with E-state index >= 15 is 0 Å². The molecule has 124 valence electrons. The van der Waals surface area contributed by atoms with E-state index in [0.29, 0.717) is 27.1 Å². The average molecular weight is 414 g/mol. The van der Waals surface area contributed by atoms with Gasteiger partial charge in [0.25, 0.3) is 0 Å². The number of allylic oxidation sites excluding steroid dienone is 1. The maximum Gasteiger partial charge on any atom is 0.240 e. The largest absolute Gasteiger partial charge is 0.352 e. The van der Waals surface area contributed by atoms with E-state index in [1.165, 1.54) is 24.3 Å². The fraction of sp³-hybridized carbons (Fsp3) is 0.118. The Balaban J connectivity index is 2.25. The topological polar surface area (TPSA) is 38.4 Å². The van der Waals surface area contributed by atoms with Gasteiger partial charge in [0.05, 0.1) is 5.57 Å². The van der Waals surface area contributed by atoms with Crippen molar-refractivity contribution in [3.63, 3.8) is 0 Å². The molecule has 1 aliphatic rings. The van der Waals surface area contributed by atoms with Crippen LogP contribution in [0.2, 0.25) is 5.02 Å². The smallest absolute Gasteiger partial charge is 0.240 e. The summed E-state index contributed by atoms with van der Waals surface area (Å²) in [6.07, 6.45) is 0. The van der Waals surface area contributed by atoms with E-state index in [4.69, 9.17) is 17.3 Å². The Bertz CT molecular complexity index is 890. The molecule has 3 nitrogen and oxygen atoms in total. The Morgan fingerprint density at radius 2 is 1.92 bits per heavy atom. The summed E-state index contributed by atoms with van der Waals surface area (Å²) >= 11 is 9.54. The first kappa shape index (κ1) is 17.1. The normalized spacial score (nSPS) is 20.5. The lowest BCUT2D eigenvalue weighted by atomic mass is 10.0. The highest BCUT2D eigenvalue weighted by molar-refractivity contribution is 9.10. The molecule has 0 saturated heterocycles. The number of quaternary nitrogens is 1. The monoisotopic (exact) mass is 412 g/mol. The maximum absolute atomic E-state index is 14.4. The van der Waals surface area contributed by atoms with E-state index in [0.717, 1.165) is 0 Å². The van der Waals surface area contributed by atoms with Crippen LogP contribution in [0, 0.1) is 11.6 Å². The van der Waals surface area contributed by atoms with Crippen molar-refractivity contribution in [2.24, 2.45) is 10.8 Å². The van der Waals surface area contributed by atoms with Crippen LogP contribution in [0.1, 0.15) is 12.5 Å². The molecule has 0 spiro atoms. The molecule has 7 heteroatoms. The second-order valence-corrected chi connectivity index (χ2v) is 6.86. The molecule has 1 atom stereocenters. The van der Waals surface area contributed by atoms with Crippen molar-refractivity contribution in [2.75, 3.05) is 7.05 Å². The van der Waals surface area contributed by atoms with Gasteiger partial charge in [-0.3, -0.25) is 0 Å². The van der Waals surface area contributed by atoms with Crippen LogP contribution in [0.25, 0.3) is 5.57 Å². The van der Waals surface area contributed by atoms with Gasteiger partial charge in [-0.25, -0.2) is 8.78 Å². The molecule has 1 heterocycles. The highest BCUT2D eigenvalue weighted by Crippen LogP contribution is 2.42. The van der Waals surface area contributed by atoms with Crippen LogP contribution in [-0.2, 0) is 0 Å². The summed E-state index contributed by atoms with van der Waals surface area (Å²) in [5.41, 5.74) is 8.45. The minimum Gasteiger partial charge on any atom is -0.352 e. The Hall–Kier alpha value is -1.76. The van der Waals surface area contributed by atoms with Gasteiger partial charge >= 0.3 is 0 Å². The van der Waals surface area contributed by atoms with Gasteiger partial charge in [0.2, 0.25) is 11.5 Å². The van der Waals surface area contributed by atoms with E-state index in [1.807, 2.05) is 0 Å². The molecular weight excluding hydrogens is 400 g/mol. The van der Waals surface area contributed by atoms with Crippen molar-refractivity contribution in [2.45, 2.75) is 6.92 Å². The molecule has 0 aliphatic carbocycles. The van der Waals surface area contributed by atoms with Crippen LogP contribution < -0.4 is 10.3 Å². The van der Waals surface area contributed by atoms with Crippen LogP contribution in [0.4, 0.5) is 14.5 Å². The van der Waals surface area contributed by atoms with Crippen LogP contribution in [-0.4, -0.2) is 12.8 Å². The van der Waals surface area contributed by atoms with Crippen LogP contribution in [0.15, 0.2) is 51.8 Å². The molecule has 0 fully saturated rings. The molecule has 24 heavy (non-hydrogen) atoms. The highest BCUT2D eigenvalue weighted by Gasteiger charge is 2.43. The van der Waals surface area contributed by atoms with Crippen molar-refractivity contribution < 1.29 is 8.78 Å². The summed E-state index contributed by atoms with van der Waals surface area (Å²) in [4.78, 5) is 0. The molecule has 1 aliphatic heterocycles. The second kappa shape index (κ2) is 5.95. The Labute approximate surface area is 151 Å². The summed E-state index contributed by atoms with van der Waals surface area (Å²) in [7, 11) is 1.66. The third-order valence-electron chi connectivity index (χ3n) is 4.01. The molecule has 0 bridgehead atoms.